The van der Waals surface area contributed by atoms with Crippen LogP contribution in [0.4, 0.5) is 0 Å². The molecule has 0 aliphatic heterocycles. The van der Waals surface area contributed by atoms with Gasteiger partial charge in [0.05, 0.1) is 12.2 Å². The van der Waals surface area contributed by atoms with Crippen LogP contribution in [0.5, 0.6) is 0 Å². The predicted octanol–water partition coefficient (Wildman–Crippen LogP) is 3.20. The second kappa shape index (κ2) is 9.25. The van der Waals surface area contributed by atoms with Crippen molar-refractivity contribution in [3.63, 3.8) is 0 Å². The second-order valence-corrected chi connectivity index (χ2v) is 6.72. The molecule has 25 heavy (non-hydrogen) atoms. The fourth-order valence-corrected chi connectivity index (χ4v) is 2.78. The van der Waals surface area contributed by atoms with Crippen LogP contribution in [0.3, 0.4) is 0 Å². The number of benzene rings is 1. The molecular formula is C20H31N5. The van der Waals surface area contributed by atoms with E-state index >= 15 is 0 Å². The van der Waals surface area contributed by atoms with E-state index in [1.165, 1.54) is 16.8 Å². The summed E-state index contributed by atoms with van der Waals surface area (Å²) >= 11 is 0. The van der Waals surface area contributed by atoms with Gasteiger partial charge < -0.3 is 10.6 Å². The zero-order chi connectivity index (χ0) is 18.2. The first-order chi connectivity index (χ1) is 12.0. The monoisotopic (exact) mass is 341 g/mol. The zero-order valence-corrected chi connectivity index (χ0v) is 16.1. The van der Waals surface area contributed by atoms with Crippen molar-refractivity contribution in [3.05, 3.63) is 52.8 Å². The van der Waals surface area contributed by atoms with Crippen molar-refractivity contribution in [3.8, 4) is 0 Å². The van der Waals surface area contributed by atoms with Gasteiger partial charge in [0.1, 0.15) is 0 Å². The fourth-order valence-electron chi connectivity index (χ4n) is 2.78. The van der Waals surface area contributed by atoms with Crippen LogP contribution in [0.25, 0.3) is 0 Å². The molecule has 2 N–H and O–H groups in total. The maximum absolute atomic E-state index is 4.72. The average Bonchev–Trinajstić information content (AvgIpc) is 2.88. The molecule has 1 aromatic carbocycles. The maximum Gasteiger partial charge on any atom is 0.191 e. The Balaban J connectivity index is 1.91. The molecule has 0 aliphatic carbocycles. The summed E-state index contributed by atoms with van der Waals surface area (Å²) in [6.07, 6.45) is 0. The molecule has 0 aliphatic rings. The highest BCUT2D eigenvalue weighted by atomic mass is 15.3. The van der Waals surface area contributed by atoms with Gasteiger partial charge in [0.25, 0.3) is 0 Å². The number of aromatic nitrogens is 2. The average molecular weight is 342 g/mol. The Morgan fingerprint density at radius 3 is 2.60 bits per heavy atom. The summed E-state index contributed by atoms with van der Waals surface area (Å²) in [6.45, 7) is 13.9. The lowest BCUT2D eigenvalue weighted by Crippen LogP contribution is -2.40. The Morgan fingerprint density at radius 1 is 1.20 bits per heavy atom. The fraction of sp³-hybridized carbons (Fsp3) is 0.500. The molecule has 1 aromatic heterocycles. The predicted molar refractivity (Wildman–Crippen MR) is 105 cm³/mol. The van der Waals surface area contributed by atoms with E-state index in [0.717, 1.165) is 31.3 Å². The minimum atomic E-state index is 0.459. The highest BCUT2D eigenvalue weighted by Gasteiger charge is 2.08. The van der Waals surface area contributed by atoms with Crippen molar-refractivity contribution in [2.75, 3.05) is 13.1 Å². The van der Waals surface area contributed by atoms with Crippen molar-refractivity contribution in [2.24, 2.45) is 10.9 Å². The van der Waals surface area contributed by atoms with Gasteiger partial charge in [0, 0.05) is 25.3 Å². The molecule has 1 unspecified atom stereocenters. The lowest BCUT2D eigenvalue weighted by molar-refractivity contribution is 0.436. The molecule has 136 valence electrons. The van der Waals surface area contributed by atoms with Crippen LogP contribution in [-0.2, 0) is 13.1 Å². The third-order valence-corrected chi connectivity index (χ3v) is 4.22. The number of nitrogens with zero attached hydrogens (tertiary/aromatic N) is 3. The summed E-state index contributed by atoms with van der Waals surface area (Å²) < 4.78 is 2.08. The molecule has 0 fully saturated rings. The van der Waals surface area contributed by atoms with Gasteiger partial charge in [-0.2, -0.15) is 5.10 Å². The van der Waals surface area contributed by atoms with E-state index < -0.39 is 0 Å². The van der Waals surface area contributed by atoms with Crippen LogP contribution < -0.4 is 10.6 Å². The number of nitrogens with one attached hydrogen (secondary N) is 2. The van der Waals surface area contributed by atoms with E-state index in [4.69, 9.17) is 4.99 Å². The third-order valence-electron chi connectivity index (χ3n) is 4.22. The van der Waals surface area contributed by atoms with Crippen LogP contribution in [-0.4, -0.2) is 28.8 Å². The maximum atomic E-state index is 4.72. The van der Waals surface area contributed by atoms with Gasteiger partial charge in [-0.05, 0) is 50.8 Å². The standard InChI is InChI=1S/C20H31N5/c1-6-21-20(23-13-19-10-8-7-9-16(19)3)22-12-15(2)14-25-18(5)11-17(4)24-25/h7-11,15H,6,12-14H2,1-5H3,(H2,21,22,23). The quantitative estimate of drug-likeness (QED) is 0.601. The van der Waals surface area contributed by atoms with E-state index in [0.29, 0.717) is 12.5 Å². The van der Waals surface area contributed by atoms with Crippen LogP contribution >= 0.6 is 0 Å². The molecule has 2 rings (SSSR count). The number of hydrogen-bond acceptors (Lipinski definition) is 2. The molecule has 0 spiro atoms. The lowest BCUT2D eigenvalue weighted by Gasteiger charge is -2.17. The highest BCUT2D eigenvalue weighted by molar-refractivity contribution is 5.79. The molecule has 5 heteroatoms. The highest BCUT2D eigenvalue weighted by Crippen LogP contribution is 2.08. The lowest BCUT2D eigenvalue weighted by atomic mass is 10.1. The van der Waals surface area contributed by atoms with Crippen molar-refractivity contribution >= 4 is 5.96 Å². The SMILES string of the molecule is CCNC(=NCc1ccccc1C)NCC(C)Cn1nc(C)cc1C. The summed E-state index contributed by atoms with van der Waals surface area (Å²) in [5.74, 6) is 1.33. The van der Waals surface area contributed by atoms with Crippen molar-refractivity contribution in [1.82, 2.24) is 20.4 Å². The summed E-state index contributed by atoms with van der Waals surface area (Å²) in [5, 5.41) is 11.3. The second-order valence-electron chi connectivity index (χ2n) is 6.72. The van der Waals surface area contributed by atoms with Gasteiger partial charge >= 0.3 is 0 Å². The van der Waals surface area contributed by atoms with E-state index in [-0.39, 0.29) is 0 Å². The first-order valence-electron chi connectivity index (χ1n) is 9.07. The topological polar surface area (TPSA) is 54.2 Å². The Bertz CT molecular complexity index is 702. The molecule has 0 saturated heterocycles. The Labute approximate surface area is 151 Å². The van der Waals surface area contributed by atoms with Gasteiger partial charge in [0.2, 0.25) is 0 Å². The molecule has 2 aromatic rings. The summed E-state index contributed by atoms with van der Waals surface area (Å²) in [7, 11) is 0. The number of hydrogen-bond donors (Lipinski definition) is 2. The number of rotatable bonds is 7. The Kier molecular flexibility index (Phi) is 7.04. The first kappa shape index (κ1) is 19.0. The molecule has 0 bridgehead atoms. The molecule has 0 radical (unpaired) electrons. The molecule has 0 saturated carbocycles. The van der Waals surface area contributed by atoms with Crippen molar-refractivity contribution in [1.29, 1.82) is 0 Å². The minimum Gasteiger partial charge on any atom is -0.357 e. The van der Waals surface area contributed by atoms with Gasteiger partial charge in [0.15, 0.2) is 5.96 Å². The zero-order valence-electron chi connectivity index (χ0n) is 16.1. The molecule has 5 nitrogen and oxygen atoms in total. The van der Waals surface area contributed by atoms with E-state index in [1.807, 2.05) is 6.92 Å². The van der Waals surface area contributed by atoms with Crippen LogP contribution in [0.2, 0.25) is 0 Å². The minimum absolute atomic E-state index is 0.459. The summed E-state index contributed by atoms with van der Waals surface area (Å²) in [4.78, 5) is 4.72. The molecule has 1 heterocycles. The first-order valence-corrected chi connectivity index (χ1v) is 9.07. The van der Waals surface area contributed by atoms with E-state index in [9.17, 15) is 0 Å². The summed E-state index contributed by atoms with van der Waals surface area (Å²) in [6, 6.07) is 10.5. The Morgan fingerprint density at radius 2 is 1.96 bits per heavy atom. The van der Waals surface area contributed by atoms with Crippen LogP contribution in [0.1, 0.15) is 36.4 Å². The number of guanidine groups is 1. The Hall–Kier alpha value is -2.30. The molecular weight excluding hydrogens is 310 g/mol. The smallest absolute Gasteiger partial charge is 0.191 e. The van der Waals surface area contributed by atoms with Crippen molar-refractivity contribution in [2.45, 2.75) is 47.7 Å². The molecule has 0 amide bonds. The van der Waals surface area contributed by atoms with E-state index in [2.05, 4.69) is 78.4 Å². The number of aliphatic imine (C=N–C) groups is 1. The van der Waals surface area contributed by atoms with Gasteiger partial charge in [-0.1, -0.05) is 31.2 Å². The summed E-state index contributed by atoms with van der Waals surface area (Å²) in [5.41, 5.74) is 4.82. The van der Waals surface area contributed by atoms with Crippen LogP contribution in [0, 0.1) is 26.7 Å². The van der Waals surface area contributed by atoms with E-state index in [1.54, 1.807) is 0 Å². The van der Waals surface area contributed by atoms with Gasteiger partial charge in [-0.15, -0.1) is 0 Å². The molecule has 1 atom stereocenters. The van der Waals surface area contributed by atoms with Gasteiger partial charge in [-0.3, -0.25) is 4.68 Å². The largest absolute Gasteiger partial charge is 0.357 e. The van der Waals surface area contributed by atoms with Gasteiger partial charge in [-0.25, -0.2) is 4.99 Å². The normalized spacial score (nSPS) is 12.9. The van der Waals surface area contributed by atoms with Crippen molar-refractivity contribution < 1.29 is 0 Å². The third kappa shape index (κ3) is 5.93. The van der Waals surface area contributed by atoms with Crippen LogP contribution in [0.15, 0.2) is 35.3 Å². The number of aryl methyl sites for hydroxylation is 3.